The number of nitrogens with one attached hydrogen (secondary N) is 2. The fourth-order valence-electron chi connectivity index (χ4n) is 1.72. The number of hydrogen-bond acceptors (Lipinski definition) is 4. The number of hydrogen-bond donors (Lipinski definition) is 3. The molecule has 1 saturated heterocycles. The van der Waals surface area contributed by atoms with Crippen molar-refractivity contribution in [3.63, 3.8) is 0 Å². The summed E-state index contributed by atoms with van der Waals surface area (Å²) in [6, 6.07) is 1.79. The van der Waals surface area contributed by atoms with Crippen molar-refractivity contribution < 1.29 is 9.90 Å². The molecule has 1 aromatic heterocycles. The number of anilines is 1. The highest BCUT2D eigenvalue weighted by molar-refractivity contribution is 6.29. The maximum absolute atomic E-state index is 11.0. The maximum atomic E-state index is 11.0. The van der Waals surface area contributed by atoms with Gasteiger partial charge >= 0.3 is 5.97 Å². The van der Waals surface area contributed by atoms with Crippen LogP contribution in [0.2, 0.25) is 5.15 Å². The minimum absolute atomic E-state index is 0.149. The Kier molecular flexibility index (Phi) is 3.26. The number of nitrogens with zero attached hydrogens (tertiary/aromatic N) is 1. The number of carbonyl (C=O) groups is 1. The summed E-state index contributed by atoms with van der Waals surface area (Å²) in [7, 11) is 0. The molecule has 3 N–H and O–H groups in total. The summed E-state index contributed by atoms with van der Waals surface area (Å²) in [5.41, 5.74) is 0.678. The van der Waals surface area contributed by atoms with Crippen LogP contribution in [0.3, 0.4) is 0 Å². The molecule has 0 aliphatic carbocycles. The van der Waals surface area contributed by atoms with Crippen molar-refractivity contribution in [2.24, 2.45) is 0 Å². The van der Waals surface area contributed by atoms with Crippen molar-refractivity contribution in [3.05, 3.63) is 23.0 Å². The number of halogens is 1. The van der Waals surface area contributed by atoms with Crippen LogP contribution in [0.25, 0.3) is 0 Å². The molecule has 0 unspecified atom stereocenters. The molecule has 5 nitrogen and oxygen atoms in total. The summed E-state index contributed by atoms with van der Waals surface area (Å²) in [5, 5.41) is 15.6. The highest BCUT2D eigenvalue weighted by atomic mass is 35.5. The summed E-state index contributed by atoms with van der Waals surface area (Å²) < 4.78 is 0. The molecule has 0 aromatic carbocycles. The molecule has 1 aliphatic rings. The molecule has 1 aliphatic heterocycles. The molecule has 2 rings (SSSR count). The molecule has 6 heteroatoms. The van der Waals surface area contributed by atoms with Crippen LogP contribution in [0.15, 0.2) is 12.3 Å². The Morgan fingerprint density at radius 1 is 1.69 bits per heavy atom. The zero-order valence-electron chi connectivity index (χ0n) is 8.53. The molecule has 86 valence electrons. The van der Waals surface area contributed by atoms with Crippen LogP contribution in [-0.2, 0) is 0 Å². The van der Waals surface area contributed by atoms with E-state index in [2.05, 4.69) is 15.6 Å². The van der Waals surface area contributed by atoms with Gasteiger partial charge in [-0.25, -0.2) is 9.78 Å². The van der Waals surface area contributed by atoms with Gasteiger partial charge in [0, 0.05) is 18.8 Å². The van der Waals surface area contributed by atoms with Crippen molar-refractivity contribution in [3.8, 4) is 0 Å². The molecule has 0 spiro atoms. The molecular formula is C10H12ClN3O2. The summed E-state index contributed by atoms with van der Waals surface area (Å²) in [5.74, 6) is -1.00. The van der Waals surface area contributed by atoms with Gasteiger partial charge in [-0.2, -0.15) is 0 Å². The first-order chi connectivity index (χ1) is 7.66. The molecule has 0 amide bonds. The van der Waals surface area contributed by atoms with Crippen molar-refractivity contribution in [1.82, 2.24) is 10.3 Å². The average Bonchev–Trinajstić information content (AvgIpc) is 2.70. The number of rotatable bonds is 3. The summed E-state index contributed by atoms with van der Waals surface area (Å²) >= 11 is 5.75. The van der Waals surface area contributed by atoms with Gasteiger partial charge in [0.2, 0.25) is 0 Å². The van der Waals surface area contributed by atoms with E-state index in [4.69, 9.17) is 16.7 Å². The summed E-state index contributed by atoms with van der Waals surface area (Å²) in [4.78, 5) is 14.7. The van der Waals surface area contributed by atoms with Gasteiger partial charge in [-0.15, -0.1) is 0 Å². The van der Waals surface area contributed by atoms with Gasteiger partial charge in [0.15, 0.2) is 0 Å². The third-order valence-electron chi connectivity index (χ3n) is 2.52. The molecule has 1 atom stereocenters. The van der Waals surface area contributed by atoms with Gasteiger partial charge < -0.3 is 15.7 Å². The zero-order valence-corrected chi connectivity index (χ0v) is 9.29. The SMILES string of the molecule is O=C(O)c1cnc(Cl)cc1N[C@@H]1CCNC1. The van der Waals surface area contributed by atoms with E-state index in [1.165, 1.54) is 6.20 Å². The Morgan fingerprint density at radius 2 is 2.50 bits per heavy atom. The first kappa shape index (κ1) is 11.2. The molecule has 0 bridgehead atoms. The fraction of sp³-hybridized carbons (Fsp3) is 0.400. The second kappa shape index (κ2) is 4.67. The van der Waals surface area contributed by atoms with Crippen LogP contribution in [0, 0.1) is 0 Å². The second-order valence-electron chi connectivity index (χ2n) is 3.69. The van der Waals surface area contributed by atoms with E-state index in [1.807, 2.05) is 0 Å². The predicted molar refractivity (Wildman–Crippen MR) is 61.1 cm³/mol. The number of pyridine rings is 1. The van der Waals surface area contributed by atoms with Gasteiger partial charge in [-0.1, -0.05) is 11.6 Å². The van der Waals surface area contributed by atoms with Crippen LogP contribution < -0.4 is 10.6 Å². The van der Waals surface area contributed by atoms with Crippen molar-refractivity contribution in [2.75, 3.05) is 18.4 Å². The largest absolute Gasteiger partial charge is 0.478 e. The Bertz CT molecular complexity index is 405. The normalized spacial score (nSPS) is 19.7. The standard InChI is InChI=1S/C10H12ClN3O2/c11-9-3-8(7(5-13-9)10(15)16)14-6-1-2-12-4-6/h3,5-6,12H,1-2,4H2,(H,13,14)(H,15,16)/t6-/m1/s1. The molecule has 2 heterocycles. The van der Waals surface area contributed by atoms with E-state index in [9.17, 15) is 4.79 Å². The van der Waals surface area contributed by atoms with Crippen LogP contribution in [0.1, 0.15) is 16.8 Å². The molecule has 0 saturated carbocycles. The van der Waals surface area contributed by atoms with E-state index >= 15 is 0 Å². The monoisotopic (exact) mass is 241 g/mol. The predicted octanol–water partition coefficient (Wildman–Crippen LogP) is 1.21. The lowest BCUT2D eigenvalue weighted by Gasteiger charge is -2.14. The second-order valence-corrected chi connectivity index (χ2v) is 4.08. The van der Waals surface area contributed by atoms with Crippen molar-refractivity contribution >= 4 is 23.3 Å². The lowest BCUT2D eigenvalue weighted by molar-refractivity contribution is 0.0697. The third kappa shape index (κ3) is 2.43. The van der Waals surface area contributed by atoms with Gasteiger partial charge in [0.1, 0.15) is 10.7 Å². The first-order valence-electron chi connectivity index (χ1n) is 5.03. The lowest BCUT2D eigenvalue weighted by Crippen LogP contribution is -2.23. The Hall–Kier alpha value is -1.33. The Labute approximate surface area is 97.8 Å². The van der Waals surface area contributed by atoms with Crippen LogP contribution in [-0.4, -0.2) is 35.2 Å². The van der Waals surface area contributed by atoms with E-state index in [1.54, 1.807) is 6.07 Å². The quantitative estimate of drug-likeness (QED) is 0.694. The van der Waals surface area contributed by atoms with Crippen molar-refractivity contribution in [2.45, 2.75) is 12.5 Å². The number of aromatic carboxylic acids is 1. The highest BCUT2D eigenvalue weighted by Crippen LogP contribution is 2.20. The topological polar surface area (TPSA) is 74.2 Å². The molecule has 0 radical (unpaired) electrons. The minimum Gasteiger partial charge on any atom is -0.478 e. The summed E-state index contributed by atoms with van der Waals surface area (Å²) in [6.45, 7) is 1.78. The maximum Gasteiger partial charge on any atom is 0.339 e. The molecule has 16 heavy (non-hydrogen) atoms. The number of carboxylic acids is 1. The number of aromatic nitrogens is 1. The third-order valence-corrected chi connectivity index (χ3v) is 2.73. The Balaban J connectivity index is 2.22. The zero-order chi connectivity index (χ0) is 11.5. The molecule has 1 fully saturated rings. The smallest absolute Gasteiger partial charge is 0.339 e. The van der Waals surface area contributed by atoms with E-state index in [0.717, 1.165) is 19.5 Å². The van der Waals surface area contributed by atoms with Crippen LogP contribution in [0.4, 0.5) is 5.69 Å². The highest BCUT2D eigenvalue weighted by Gasteiger charge is 2.18. The van der Waals surface area contributed by atoms with E-state index in [0.29, 0.717) is 10.8 Å². The first-order valence-corrected chi connectivity index (χ1v) is 5.40. The Morgan fingerprint density at radius 3 is 3.12 bits per heavy atom. The van der Waals surface area contributed by atoms with Gasteiger partial charge in [-0.3, -0.25) is 0 Å². The fourth-order valence-corrected chi connectivity index (χ4v) is 1.88. The molecular weight excluding hydrogens is 230 g/mol. The van der Waals surface area contributed by atoms with E-state index in [-0.39, 0.29) is 11.6 Å². The van der Waals surface area contributed by atoms with Crippen LogP contribution in [0.5, 0.6) is 0 Å². The van der Waals surface area contributed by atoms with Gasteiger partial charge in [-0.05, 0) is 19.0 Å². The van der Waals surface area contributed by atoms with Gasteiger partial charge in [0.25, 0.3) is 0 Å². The summed E-state index contributed by atoms with van der Waals surface area (Å²) in [6.07, 6.45) is 2.24. The minimum atomic E-state index is -1.00. The van der Waals surface area contributed by atoms with E-state index < -0.39 is 5.97 Å². The van der Waals surface area contributed by atoms with Crippen molar-refractivity contribution in [1.29, 1.82) is 0 Å². The average molecular weight is 242 g/mol. The molecule has 1 aromatic rings. The van der Waals surface area contributed by atoms with Gasteiger partial charge in [0.05, 0.1) is 5.69 Å². The number of carboxylic acid groups (broad SMARTS) is 1. The lowest BCUT2D eigenvalue weighted by atomic mass is 10.2. The van der Waals surface area contributed by atoms with Crippen LogP contribution >= 0.6 is 11.6 Å².